The average molecular weight is 473 g/mol. The van der Waals surface area contributed by atoms with Crippen LogP contribution in [0.25, 0.3) is 0 Å². The van der Waals surface area contributed by atoms with Crippen LogP contribution >= 0.6 is 0 Å². The normalized spacial score (nSPS) is 16.8. The van der Waals surface area contributed by atoms with E-state index in [1.165, 1.54) is 12.1 Å². The number of rotatable bonds is 5. The zero-order valence-corrected chi connectivity index (χ0v) is 18.7. The van der Waals surface area contributed by atoms with Gasteiger partial charge in [-0.3, -0.25) is 14.4 Å². The van der Waals surface area contributed by atoms with Crippen molar-refractivity contribution in [1.82, 2.24) is 10.2 Å². The van der Waals surface area contributed by atoms with E-state index in [0.717, 1.165) is 30.5 Å². The molecule has 0 aromatic heterocycles. The van der Waals surface area contributed by atoms with Crippen LogP contribution in [-0.2, 0) is 11.0 Å². The van der Waals surface area contributed by atoms with Gasteiger partial charge in [-0.15, -0.1) is 0 Å². The summed E-state index contributed by atoms with van der Waals surface area (Å²) in [6.07, 6.45) is -1.59. The lowest BCUT2D eigenvalue weighted by molar-refractivity contribution is -0.137. The second kappa shape index (κ2) is 9.48. The van der Waals surface area contributed by atoms with E-state index in [9.17, 15) is 27.6 Å². The van der Waals surface area contributed by atoms with Crippen LogP contribution in [0.5, 0.6) is 0 Å². The van der Waals surface area contributed by atoms with E-state index in [-0.39, 0.29) is 35.2 Å². The molecule has 3 amide bonds. The number of halogens is 3. The highest BCUT2D eigenvalue weighted by molar-refractivity contribution is 5.99. The van der Waals surface area contributed by atoms with Crippen LogP contribution in [0.15, 0.2) is 42.5 Å². The highest BCUT2D eigenvalue weighted by Gasteiger charge is 2.32. The van der Waals surface area contributed by atoms with Crippen molar-refractivity contribution in [2.45, 2.75) is 44.8 Å². The summed E-state index contributed by atoms with van der Waals surface area (Å²) in [5, 5.41) is 5.84. The Bertz CT molecular complexity index is 1090. The molecule has 1 saturated carbocycles. The van der Waals surface area contributed by atoms with Crippen LogP contribution in [0, 0.1) is 12.8 Å². The second-order valence-electron chi connectivity index (χ2n) is 8.91. The van der Waals surface area contributed by atoms with Crippen molar-refractivity contribution in [2.75, 3.05) is 18.4 Å². The molecule has 0 bridgehead atoms. The monoisotopic (exact) mass is 473 g/mol. The van der Waals surface area contributed by atoms with E-state index in [1.54, 1.807) is 23.1 Å². The molecular formula is C25H26F3N3O3. The molecule has 2 fully saturated rings. The lowest BCUT2D eigenvalue weighted by Crippen LogP contribution is -2.41. The number of benzene rings is 2. The maximum atomic E-state index is 12.8. The largest absolute Gasteiger partial charge is 0.416 e. The van der Waals surface area contributed by atoms with Crippen LogP contribution in [0.1, 0.15) is 57.5 Å². The number of likely N-dealkylation sites (tertiary alicyclic amines) is 1. The summed E-state index contributed by atoms with van der Waals surface area (Å²) < 4.78 is 38.2. The number of nitrogens with one attached hydrogen (secondary N) is 2. The molecule has 2 aromatic carbocycles. The first-order valence-corrected chi connectivity index (χ1v) is 11.3. The number of nitrogens with zero attached hydrogens (tertiary/aromatic N) is 1. The maximum Gasteiger partial charge on any atom is 0.416 e. The van der Waals surface area contributed by atoms with Crippen LogP contribution in [0.2, 0.25) is 0 Å². The lowest BCUT2D eigenvalue weighted by Gasteiger charge is -2.31. The van der Waals surface area contributed by atoms with Gasteiger partial charge in [-0.1, -0.05) is 6.07 Å². The number of alkyl halides is 3. The molecule has 4 rings (SSSR count). The SMILES string of the molecule is Cc1ccc(C(=O)NC2CC2)cc1NC(=O)C1CCN(C(=O)c2ccc(C(F)(F)F)cc2)CC1. The van der Waals surface area contributed by atoms with Crippen LogP contribution < -0.4 is 10.6 Å². The van der Waals surface area contributed by atoms with Gasteiger partial charge in [-0.05, 0) is 74.6 Å². The Labute approximate surface area is 195 Å². The van der Waals surface area contributed by atoms with E-state index < -0.39 is 11.7 Å². The summed E-state index contributed by atoms with van der Waals surface area (Å²) in [6.45, 7) is 2.52. The fourth-order valence-corrected chi connectivity index (χ4v) is 3.96. The van der Waals surface area contributed by atoms with E-state index in [0.29, 0.717) is 37.2 Å². The van der Waals surface area contributed by atoms with Gasteiger partial charge in [-0.2, -0.15) is 13.2 Å². The number of amides is 3. The van der Waals surface area contributed by atoms with Gasteiger partial charge in [0.05, 0.1) is 5.56 Å². The molecule has 0 radical (unpaired) electrons. The van der Waals surface area contributed by atoms with Crippen LogP contribution in [0.4, 0.5) is 18.9 Å². The van der Waals surface area contributed by atoms with Crippen molar-refractivity contribution >= 4 is 23.4 Å². The third-order valence-corrected chi connectivity index (χ3v) is 6.28. The zero-order chi connectivity index (χ0) is 24.5. The maximum absolute atomic E-state index is 12.8. The fourth-order valence-electron chi connectivity index (χ4n) is 3.96. The fraction of sp³-hybridized carbons (Fsp3) is 0.400. The standard InChI is InChI=1S/C25H26F3N3O3/c1-15-2-3-18(23(33)29-20-8-9-20)14-21(15)30-22(32)16-10-12-31(13-11-16)24(34)17-4-6-19(7-5-17)25(26,27)28/h2-7,14,16,20H,8-13H2,1H3,(H,29,33)(H,30,32). The first-order valence-electron chi connectivity index (χ1n) is 11.3. The first kappa shape index (κ1) is 23.8. The third-order valence-electron chi connectivity index (χ3n) is 6.28. The van der Waals surface area contributed by atoms with Gasteiger partial charge in [0.15, 0.2) is 0 Å². The van der Waals surface area contributed by atoms with Crippen molar-refractivity contribution in [3.63, 3.8) is 0 Å². The molecule has 1 saturated heterocycles. The van der Waals surface area contributed by atoms with E-state index in [2.05, 4.69) is 10.6 Å². The first-order chi connectivity index (χ1) is 16.1. The van der Waals surface area contributed by atoms with Gasteiger partial charge in [0, 0.05) is 41.9 Å². The summed E-state index contributed by atoms with van der Waals surface area (Å²) in [7, 11) is 0. The summed E-state index contributed by atoms with van der Waals surface area (Å²) in [5.41, 5.74) is 1.30. The Morgan fingerprint density at radius 3 is 2.12 bits per heavy atom. The lowest BCUT2D eigenvalue weighted by atomic mass is 9.95. The number of anilines is 1. The van der Waals surface area contributed by atoms with Crippen molar-refractivity contribution < 1.29 is 27.6 Å². The van der Waals surface area contributed by atoms with Gasteiger partial charge in [0.1, 0.15) is 0 Å². The minimum atomic E-state index is -4.45. The number of carbonyl (C=O) groups excluding carboxylic acids is 3. The van der Waals surface area contributed by atoms with Gasteiger partial charge in [0.25, 0.3) is 11.8 Å². The molecule has 34 heavy (non-hydrogen) atoms. The van der Waals surface area contributed by atoms with Gasteiger partial charge >= 0.3 is 6.18 Å². The minimum Gasteiger partial charge on any atom is -0.349 e. The summed E-state index contributed by atoms with van der Waals surface area (Å²) >= 11 is 0. The molecule has 0 spiro atoms. The molecule has 2 aromatic rings. The van der Waals surface area contributed by atoms with Crippen molar-refractivity contribution in [3.8, 4) is 0 Å². The third kappa shape index (κ3) is 5.58. The van der Waals surface area contributed by atoms with Crippen LogP contribution in [0.3, 0.4) is 0 Å². The Balaban J connectivity index is 1.33. The quantitative estimate of drug-likeness (QED) is 0.676. The molecule has 0 unspecified atom stereocenters. The minimum absolute atomic E-state index is 0.159. The molecule has 2 aliphatic rings. The summed E-state index contributed by atoms with van der Waals surface area (Å²) in [4.78, 5) is 39.4. The Morgan fingerprint density at radius 2 is 1.53 bits per heavy atom. The smallest absolute Gasteiger partial charge is 0.349 e. The second-order valence-corrected chi connectivity index (χ2v) is 8.91. The van der Waals surface area contributed by atoms with Crippen molar-refractivity contribution in [2.24, 2.45) is 5.92 Å². The number of carbonyl (C=O) groups is 3. The Kier molecular flexibility index (Phi) is 6.63. The number of piperidine rings is 1. The molecule has 6 nitrogen and oxygen atoms in total. The molecule has 9 heteroatoms. The van der Waals surface area contributed by atoms with Gasteiger partial charge in [-0.25, -0.2) is 0 Å². The molecule has 1 aliphatic carbocycles. The topological polar surface area (TPSA) is 78.5 Å². The van der Waals surface area contributed by atoms with Gasteiger partial charge in [0.2, 0.25) is 5.91 Å². The highest BCUT2D eigenvalue weighted by atomic mass is 19.4. The predicted octanol–water partition coefficient (Wildman–Crippen LogP) is 4.40. The molecule has 1 heterocycles. The zero-order valence-electron chi connectivity index (χ0n) is 18.7. The summed E-state index contributed by atoms with van der Waals surface area (Å²) in [5.74, 6) is -0.990. The molecule has 180 valence electrons. The van der Waals surface area contributed by atoms with Crippen molar-refractivity contribution in [3.05, 3.63) is 64.7 Å². The highest BCUT2D eigenvalue weighted by Crippen LogP contribution is 2.30. The molecule has 2 N–H and O–H groups in total. The van der Waals surface area contributed by atoms with E-state index in [1.807, 2.05) is 6.92 Å². The van der Waals surface area contributed by atoms with E-state index in [4.69, 9.17) is 0 Å². The van der Waals surface area contributed by atoms with Crippen LogP contribution in [-0.4, -0.2) is 41.8 Å². The predicted molar refractivity (Wildman–Crippen MR) is 120 cm³/mol. The number of hydrogen-bond donors (Lipinski definition) is 2. The van der Waals surface area contributed by atoms with E-state index >= 15 is 0 Å². The average Bonchev–Trinajstić information content (AvgIpc) is 3.63. The molecule has 0 atom stereocenters. The number of hydrogen-bond acceptors (Lipinski definition) is 3. The Morgan fingerprint density at radius 1 is 0.912 bits per heavy atom. The number of aryl methyl sites for hydroxylation is 1. The van der Waals surface area contributed by atoms with Crippen molar-refractivity contribution in [1.29, 1.82) is 0 Å². The molecule has 1 aliphatic heterocycles. The van der Waals surface area contributed by atoms with Gasteiger partial charge < -0.3 is 15.5 Å². The Hall–Kier alpha value is -3.36. The summed E-state index contributed by atoms with van der Waals surface area (Å²) in [6, 6.07) is 9.59. The molecular weight excluding hydrogens is 447 g/mol.